The van der Waals surface area contributed by atoms with E-state index in [0.29, 0.717) is 68.4 Å². The molecule has 5 aromatic rings. The van der Waals surface area contributed by atoms with Crippen LogP contribution in [0, 0.1) is 0 Å². The minimum Gasteiger partial charge on any atom is -0.493 e. The van der Waals surface area contributed by atoms with Crippen molar-refractivity contribution in [3.05, 3.63) is 128 Å². The molecule has 1 aliphatic carbocycles. The number of para-hydroxylation sites is 1. The van der Waals surface area contributed by atoms with Gasteiger partial charge in [0.2, 0.25) is 5.75 Å². The molecule has 0 unspecified atom stereocenters. The third kappa shape index (κ3) is 5.91. The Morgan fingerprint density at radius 3 is 2.38 bits per heavy atom. The van der Waals surface area contributed by atoms with Crippen molar-refractivity contribution >= 4 is 28.7 Å². The lowest BCUT2D eigenvalue weighted by Gasteiger charge is -2.19. The Morgan fingerprint density at radius 1 is 0.867 bits per heavy atom. The summed E-state index contributed by atoms with van der Waals surface area (Å²) >= 11 is 1.43. The van der Waals surface area contributed by atoms with Crippen molar-refractivity contribution in [2.45, 2.75) is 29.6 Å². The first-order valence-corrected chi connectivity index (χ1v) is 15.3. The van der Waals surface area contributed by atoms with Crippen LogP contribution >= 0.6 is 11.8 Å². The van der Waals surface area contributed by atoms with Gasteiger partial charge in [0.15, 0.2) is 16.9 Å². The summed E-state index contributed by atoms with van der Waals surface area (Å²) in [6.07, 6.45) is -0.0721. The van der Waals surface area contributed by atoms with Gasteiger partial charge in [0.1, 0.15) is 17.3 Å². The number of methoxy groups -OCH3 is 3. The Balaban J connectivity index is 1.48. The number of carbonyl (C=O) groups excluding carboxylic acids is 1. The standard InChI is InChI=1S/C36H30O8S/c1-40-30-18-23-13-15-29(44-36(39)26-17-22-11-7-8-12-28(22)43-35(26)38)25-19-27(37)31(45-20-21-9-5-4-6-10-21)16-14-24(25)32(23)34(42-3)33(30)41-2/h4-12,14,16-19,29H,13,15,20H2,1-3H3/t29-/m0/s1. The summed E-state index contributed by atoms with van der Waals surface area (Å²) in [5.74, 6) is 1.10. The molecule has 0 aliphatic heterocycles. The lowest BCUT2D eigenvalue weighted by Crippen LogP contribution is -2.19. The number of carbonyl (C=O) groups is 1. The molecule has 0 N–H and O–H groups in total. The van der Waals surface area contributed by atoms with E-state index in [0.717, 1.165) is 11.1 Å². The summed E-state index contributed by atoms with van der Waals surface area (Å²) in [4.78, 5) is 40.6. The second-order valence-corrected chi connectivity index (χ2v) is 11.5. The van der Waals surface area contributed by atoms with E-state index in [1.165, 1.54) is 31.0 Å². The van der Waals surface area contributed by atoms with Crippen LogP contribution < -0.4 is 25.3 Å². The zero-order valence-corrected chi connectivity index (χ0v) is 25.8. The van der Waals surface area contributed by atoms with Crippen LogP contribution in [-0.2, 0) is 16.9 Å². The zero-order valence-electron chi connectivity index (χ0n) is 25.0. The van der Waals surface area contributed by atoms with Crippen LogP contribution in [0.15, 0.2) is 104 Å². The van der Waals surface area contributed by atoms with E-state index in [4.69, 9.17) is 23.4 Å². The normalized spacial score (nSPS) is 13.7. The van der Waals surface area contributed by atoms with Gasteiger partial charge in [-0.3, -0.25) is 4.79 Å². The van der Waals surface area contributed by atoms with Gasteiger partial charge in [-0.25, -0.2) is 9.59 Å². The highest BCUT2D eigenvalue weighted by Gasteiger charge is 2.31. The van der Waals surface area contributed by atoms with Crippen molar-refractivity contribution in [3.8, 4) is 28.4 Å². The van der Waals surface area contributed by atoms with Crippen LogP contribution in [0.5, 0.6) is 17.2 Å². The van der Waals surface area contributed by atoms with Crippen LogP contribution in [0.2, 0.25) is 0 Å². The van der Waals surface area contributed by atoms with Crippen LogP contribution in [0.25, 0.3) is 22.1 Å². The molecule has 0 fully saturated rings. The Bertz CT molecular complexity index is 2020. The minimum atomic E-state index is -0.862. The molecule has 45 heavy (non-hydrogen) atoms. The van der Waals surface area contributed by atoms with Crippen LogP contribution in [0.1, 0.15) is 39.6 Å². The number of esters is 1. The average molecular weight is 623 g/mol. The number of hydrogen-bond acceptors (Lipinski definition) is 9. The number of fused-ring (bicyclic) bond motifs is 4. The second-order valence-electron chi connectivity index (χ2n) is 10.4. The Hall–Kier alpha value is -5.02. The molecule has 9 heteroatoms. The van der Waals surface area contributed by atoms with Crippen molar-refractivity contribution in [2.24, 2.45) is 0 Å². The predicted molar refractivity (Wildman–Crippen MR) is 173 cm³/mol. The van der Waals surface area contributed by atoms with Gasteiger partial charge < -0.3 is 23.4 Å². The third-order valence-corrected chi connectivity index (χ3v) is 8.92. The summed E-state index contributed by atoms with van der Waals surface area (Å²) in [7, 11) is 4.62. The highest BCUT2D eigenvalue weighted by molar-refractivity contribution is 7.98. The maximum Gasteiger partial charge on any atom is 0.351 e. The van der Waals surface area contributed by atoms with Gasteiger partial charge in [0.25, 0.3) is 0 Å². The molecule has 0 radical (unpaired) electrons. The molecule has 0 spiro atoms. The molecule has 1 aliphatic rings. The van der Waals surface area contributed by atoms with Crippen LogP contribution in [-0.4, -0.2) is 27.3 Å². The fraction of sp³-hybridized carbons (Fsp3) is 0.194. The average Bonchev–Trinajstić information content (AvgIpc) is 3.31. The minimum absolute atomic E-state index is 0.216. The molecule has 0 bridgehead atoms. The quantitative estimate of drug-likeness (QED) is 0.103. The van der Waals surface area contributed by atoms with Crippen molar-refractivity contribution in [1.29, 1.82) is 0 Å². The first-order chi connectivity index (χ1) is 21.9. The number of hydrogen-bond donors (Lipinski definition) is 0. The first-order valence-electron chi connectivity index (χ1n) is 14.3. The van der Waals surface area contributed by atoms with E-state index in [1.807, 2.05) is 42.5 Å². The third-order valence-electron chi connectivity index (χ3n) is 7.79. The SMILES string of the molecule is COc1cc2c(c(OC)c1OC)-c1ccc(SCc3ccccc3)c(=O)cc1[C@@H](OC(=O)c1cc3ccccc3oc1=O)CC2. The maximum atomic E-state index is 13.7. The van der Waals surface area contributed by atoms with Gasteiger partial charge in [0, 0.05) is 22.3 Å². The topological polar surface area (TPSA) is 101 Å². The predicted octanol–water partition coefficient (Wildman–Crippen LogP) is 6.98. The summed E-state index contributed by atoms with van der Waals surface area (Å²) < 4.78 is 28.6. The van der Waals surface area contributed by atoms with E-state index in [2.05, 4.69) is 0 Å². The van der Waals surface area contributed by atoms with Gasteiger partial charge in [-0.05, 0) is 59.9 Å². The molecule has 0 saturated carbocycles. The number of aryl methyl sites for hydroxylation is 1. The lowest BCUT2D eigenvalue weighted by atomic mass is 9.96. The van der Waals surface area contributed by atoms with Crippen molar-refractivity contribution in [2.75, 3.05) is 21.3 Å². The lowest BCUT2D eigenvalue weighted by molar-refractivity contribution is 0.0276. The van der Waals surface area contributed by atoms with Crippen molar-refractivity contribution < 1.29 is 28.2 Å². The van der Waals surface area contributed by atoms with Crippen LogP contribution in [0.4, 0.5) is 0 Å². The molecule has 4 aromatic carbocycles. The van der Waals surface area contributed by atoms with E-state index in [1.54, 1.807) is 44.6 Å². The van der Waals surface area contributed by atoms with E-state index < -0.39 is 17.7 Å². The van der Waals surface area contributed by atoms with Crippen molar-refractivity contribution in [3.63, 3.8) is 0 Å². The highest BCUT2D eigenvalue weighted by atomic mass is 32.2. The number of ether oxygens (including phenoxy) is 4. The van der Waals surface area contributed by atoms with Gasteiger partial charge >= 0.3 is 11.6 Å². The summed E-state index contributed by atoms with van der Waals surface area (Å²) in [6, 6.07) is 25.3. The van der Waals surface area contributed by atoms with E-state index in [9.17, 15) is 14.4 Å². The van der Waals surface area contributed by atoms with Crippen molar-refractivity contribution in [1.82, 2.24) is 0 Å². The highest BCUT2D eigenvalue weighted by Crippen LogP contribution is 2.50. The Morgan fingerprint density at radius 2 is 1.62 bits per heavy atom. The van der Waals surface area contributed by atoms with Gasteiger partial charge in [-0.15, -0.1) is 11.8 Å². The number of thioether (sulfide) groups is 1. The summed E-state index contributed by atoms with van der Waals surface area (Å²) in [5, 5.41) is 0.593. The summed E-state index contributed by atoms with van der Waals surface area (Å²) in [6.45, 7) is 0. The van der Waals surface area contributed by atoms with Crippen LogP contribution in [0.3, 0.4) is 0 Å². The first kappa shape index (κ1) is 30.0. The maximum absolute atomic E-state index is 13.7. The van der Waals surface area contributed by atoms with E-state index >= 15 is 0 Å². The number of benzene rings is 3. The molecule has 6 rings (SSSR count). The molecular formula is C36H30O8S. The molecule has 228 valence electrons. The van der Waals surface area contributed by atoms with Gasteiger partial charge in [0.05, 0.1) is 26.2 Å². The largest absolute Gasteiger partial charge is 0.493 e. The summed E-state index contributed by atoms with van der Waals surface area (Å²) in [5.41, 5.74) is 2.94. The Labute approximate surface area is 263 Å². The molecule has 1 atom stereocenters. The smallest absolute Gasteiger partial charge is 0.351 e. The second kappa shape index (κ2) is 12.9. The fourth-order valence-corrected chi connectivity index (χ4v) is 6.52. The zero-order chi connectivity index (χ0) is 31.5. The molecule has 1 aromatic heterocycles. The fourth-order valence-electron chi connectivity index (χ4n) is 5.64. The molecule has 0 saturated heterocycles. The molecule has 0 amide bonds. The number of rotatable bonds is 8. The monoisotopic (exact) mass is 622 g/mol. The molecule has 1 heterocycles. The molecular weight excluding hydrogens is 592 g/mol. The van der Waals surface area contributed by atoms with Gasteiger partial charge in [-0.2, -0.15) is 0 Å². The van der Waals surface area contributed by atoms with Gasteiger partial charge in [-0.1, -0.05) is 54.6 Å². The molecule has 8 nitrogen and oxygen atoms in total. The van der Waals surface area contributed by atoms with E-state index in [-0.39, 0.29) is 11.0 Å². The Kier molecular flexibility index (Phi) is 8.62.